The number of aromatic nitrogens is 2. The monoisotopic (exact) mass is 353 g/mol. The first-order chi connectivity index (χ1) is 9.81. The Morgan fingerprint density at radius 1 is 1.19 bits per heavy atom. The van der Waals surface area contributed by atoms with E-state index in [9.17, 15) is 0 Å². The highest BCUT2D eigenvalue weighted by molar-refractivity contribution is 9.10. The molecule has 0 saturated heterocycles. The molecule has 21 heavy (non-hydrogen) atoms. The molecule has 118 valence electrons. The largest absolute Gasteiger partial charge is 0.357 e. The highest BCUT2D eigenvalue weighted by Crippen LogP contribution is 2.32. The van der Waals surface area contributed by atoms with E-state index in [0.29, 0.717) is 6.04 Å². The van der Waals surface area contributed by atoms with Gasteiger partial charge in [0.05, 0.1) is 0 Å². The van der Waals surface area contributed by atoms with Crippen molar-refractivity contribution in [1.29, 1.82) is 0 Å². The molecule has 1 heterocycles. The summed E-state index contributed by atoms with van der Waals surface area (Å²) < 4.78 is 0.881. The SMILES string of the molecule is CCC1CCC(N(C)c2cc(Br)nc(C(C)(C)C)n2)CC1. The molecule has 0 bridgehead atoms. The minimum atomic E-state index is -0.0285. The fraction of sp³-hybridized carbons (Fsp3) is 0.765. The Morgan fingerprint density at radius 3 is 2.33 bits per heavy atom. The van der Waals surface area contributed by atoms with Gasteiger partial charge in [-0.05, 0) is 47.5 Å². The van der Waals surface area contributed by atoms with E-state index >= 15 is 0 Å². The second-order valence-corrected chi connectivity index (χ2v) is 8.13. The molecule has 1 aliphatic rings. The van der Waals surface area contributed by atoms with E-state index < -0.39 is 0 Å². The average Bonchev–Trinajstić information content (AvgIpc) is 2.45. The van der Waals surface area contributed by atoms with Crippen LogP contribution in [0.1, 0.15) is 65.6 Å². The molecule has 0 aliphatic heterocycles. The Labute approximate surface area is 137 Å². The summed E-state index contributed by atoms with van der Waals surface area (Å²) in [6.45, 7) is 8.78. The third kappa shape index (κ3) is 4.18. The highest BCUT2D eigenvalue weighted by atomic mass is 79.9. The predicted molar refractivity (Wildman–Crippen MR) is 92.9 cm³/mol. The smallest absolute Gasteiger partial charge is 0.137 e. The predicted octanol–water partition coefficient (Wildman–Crippen LogP) is 4.94. The maximum atomic E-state index is 4.80. The van der Waals surface area contributed by atoms with Gasteiger partial charge in [0.25, 0.3) is 0 Å². The molecule has 0 spiro atoms. The van der Waals surface area contributed by atoms with Gasteiger partial charge in [-0.3, -0.25) is 0 Å². The molecule has 0 amide bonds. The summed E-state index contributed by atoms with van der Waals surface area (Å²) in [4.78, 5) is 11.7. The van der Waals surface area contributed by atoms with E-state index in [0.717, 1.165) is 22.2 Å². The molecule has 1 fully saturated rings. The lowest BCUT2D eigenvalue weighted by atomic mass is 9.84. The zero-order valence-electron chi connectivity index (χ0n) is 14.0. The fourth-order valence-corrected chi connectivity index (χ4v) is 3.42. The summed E-state index contributed by atoms with van der Waals surface area (Å²) in [5, 5.41) is 0. The molecule has 0 N–H and O–H groups in total. The van der Waals surface area contributed by atoms with Gasteiger partial charge < -0.3 is 4.90 Å². The lowest BCUT2D eigenvalue weighted by Gasteiger charge is -2.35. The number of hydrogen-bond donors (Lipinski definition) is 0. The third-order valence-corrected chi connectivity index (χ3v) is 5.06. The third-order valence-electron chi connectivity index (χ3n) is 4.65. The number of rotatable bonds is 3. The van der Waals surface area contributed by atoms with Crippen molar-refractivity contribution in [3.05, 3.63) is 16.5 Å². The molecule has 0 atom stereocenters. The first-order valence-electron chi connectivity index (χ1n) is 8.09. The molecule has 1 aliphatic carbocycles. The van der Waals surface area contributed by atoms with Crippen LogP contribution in [0, 0.1) is 5.92 Å². The second-order valence-electron chi connectivity index (χ2n) is 7.32. The van der Waals surface area contributed by atoms with Crippen LogP contribution in [0.2, 0.25) is 0 Å². The quantitative estimate of drug-likeness (QED) is 0.720. The average molecular weight is 354 g/mol. The zero-order valence-corrected chi connectivity index (χ0v) is 15.6. The Bertz CT molecular complexity index is 473. The van der Waals surface area contributed by atoms with Gasteiger partial charge in [0, 0.05) is 24.6 Å². The zero-order chi connectivity index (χ0) is 15.6. The number of anilines is 1. The maximum Gasteiger partial charge on any atom is 0.137 e. The summed E-state index contributed by atoms with van der Waals surface area (Å²) in [6.07, 6.45) is 6.58. The van der Waals surface area contributed by atoms with Gasteiger partial charge in [0.15, 0.2) is 0 Å². The summed E-state index contributed by atoms with van der Waals surface area (Å²) in [7, 11) is 2.18. The van der Waals surface area contributed by atoms with Crippen molar-refractivity contribution in [2.45, 2.75) is 71.3 Å². The van der Waals surface area contributed by atoms with Crippen LogP contribution in [-0.2, 0) is 5.41 Å². The van der Waals surface area contributed by atoms with Crippen molar-refractivity contribution >= 4 is 21.7 Å². The lowest BCUT2D eigenvalue weighted by Crippen LogP contribution is -2.36. The van der Waals surface area contributed by atoms with Crippen LogP contribution >= 0.6 is 15.9 Å². The topological polar surface area (TPSA) is 29.0 Å². The second kappa shape index (κ2) is 6.64. The minimum absolute atomic E-state index is 0.0285. The molecule has 2 rings (SSSR count). The highest BCUT2D eigenvalue weighted by Gasteiger charge is 2.25. The van der Waals surface area contributed by atoms with Crippen molar-refractivity contribution in [2.75, 3.05) is 11.9 Å². The number of halogens is 1. The molecule has 1 saturated carbocycles. The first kappa shape index (κ1) is 16.7. The van der Waals surface area contributed by atoms with Crippen molar-refractivity contribution in [3.8, 4) is 0 Å². The summed E-state index contributed by atoms with van der Waals surface area (Å²) >= 11 is 3.54. The van der Waals surface area contributed by atoms with Crippen LogP contribution < -0.4 is 4.90 Å². The molecule has 4 heteroatoms. The van der Waals surface area contributed by atoms with E-state index in [1.807, 2.05) is 6.07 Å². The number of hydrogen-bond acceptors (Lipinski definition) is 3. The number of nitrogens with zero attached hydrogens (tertiary/aromatic N) is 3. The van der Waals surface area contributed by atoms with Gasteiger partial charge in [-0.25, -0.2) is 9.97 Å². The van der Waals surface area contributed by atoms with Crippen molar-refractivity contribution < 1.29 is 0 Å². The van der Waals surface area contributed by atoms with Crippen LogP contribution in [0.15, 0.2) is 10.7 Å². The molecule has 1 aromatic heterocycles. The van der Waals surface area contributed by atoms with Crippen molar-refractivity contribution in [1.82, 2.24) is 9.97 Å². The Kier molecular flexibility index (Phi) is 5.29. The van der Waals surface area contributed by atoms with Crippen LogP contribution in [0.3, 0.4) is 0 Å². The van der Waals surface area contributed by atoms with Gasteiger partial charge >= 0.3 is 0 Å². The van der Waals surface area contributed by atoms with Crippen molar-refractivity contribution in [2.24, 2.45) is 5.92 Å². The molecule has 1 aromatic rings. The van der Waals surface area contributed by atoms with E-state index in [2.05, 4.69) is 60.6 Å². The summed E-state index contributed by atoms with van der Waals surface area (Å²) in [6, 6.07) is 2.66. The van der Waals surface area contributed by atoms with Gasteiger partial charge in [-0.1, -0.05) is 34.1 Å². The van der Waals surface area contributed by atoms with Crippen molar-refractivity contribution in [3.63, 3.8) is 0 Å². The lowest BCUT2D eigenvalue weighted by molar-refractivity contribution is 0.312. The summed E-state index contributed by atoms with van der Waals surface area (Å²) in [5.74, 6) is 2.87. The molecule has 0 aromatic carbocycles. The van der Waals surface area contributed by atoms with E-state index in [-0.39, 0.29) is 5.41 Å². The van der Waals surface area contributed by atoms with Gasteiger partial charge in [-0.15, -0.1) is 0 Å². The van der Waals surface area contributed by atoms with Crippen LogP contribution in [0.5, 0.6) is 0 Å². The fourth-order valence-electron chi connectivity index (χ4n) is 3.05. The van der Waals surface area contributed by atoms with Gasteiger partial charge in [0.2, 0.25) is 0 Å². The molecule has 3 nitrogen and oxygen atoms in total. The molecule has 0 unspecified atom stereocenters. The van der Waals surface area contributed by atoms with E-state index in [4.69, 9.17) is 4.98 Å². The Balaban J connectivity index is 2.16. The van der Waals surface area contributed by atoms with E-state index in [1.54, 1.807) is 0 Å². The molecular weight excluding hydrogens is 326 g/mol. The Morgan fingerprint density at radius 2 is 1.81 bits per heavy atom. The van der Waals surface area contributed by atoms with Crippen LogP contribution in [0.25, 0.3) is 0 Å². The molecule has 0 radical (unpaired) electrons. The van der Waals surface area contributed by atoms with E-state index in [1.165, 1.54) is 32.1 Å². The first-order valence-corrected chi connectivity index (χ1v) is 8.88. The molecular formula is C17H28BrN3. The minimum Gasteiger partial charge on any atom is -0.357 e. The van der Waals surface area contributed by atoms with Crippen LogP contribution in [0.4, 0.5) is 5.82 Å². The van der Waals surface area contributed by atoms with Gasteiger partial charge in [0.1, 0.15) is 16.2 Å². The van der Waals surface area contributed by atoms with Crippen LogP contribution in [-0.4, -0.2) is 23.1 Å². The normalized spacial score (nSPS) is 23.1. The summed E-state index contributed by atoms with van der Waals surface area (Å²) in [5.41, 5.74) is -0.0285. The maximum absolute atomic E-state index is 4.80. The van der Waals surface area contributed by atoms with Gasteiger partial charge in [-0.2, -0.15) is 0 Å². The Hall–Kier alpha value is -0.640. The standard InChI is InChI=1S/C17H28BrN3/c1-6-12-7-9-13(10-8-12)21(5)15-11-14(18)19-16(20-15)17(2,3)4/h11-13H,6-10H2,1-5H3.